The zero-order chi connectivity index (χ0) is 14.2. The van der Waals surface area contributed by atoms with Crippen molar-refractivity contribution in [2.45, 2.75) is 26.5 Å². The van der Waals surface area contributed by atoms with E-state index in [1.54, 1.807) is 0 Å². The third-order valence-corrected chi connectivity index (χ3v) is 3.39. The molecule has 2 nitrogen and oxygen atoms in total. The molecule has 20 heavy (non-hydrogen) atoms. The van der Waals surface area contributed by atoms with Gasteiger partial charge < -0.3 is 10.1 Å². The molecule has 0 aromatic heterocycles. The first-order chi connectivity index (χ1) is 9.78. The molecule has 3 heteroatoms. The first kappa shape index (κ1) is 15.1. The molecule has 0 unspecified atom stereocenters. The molecule has 0 radical (unpaired) electrons. The van der Waals surface area contributed by atoms with Crippen LogP contribution in [0.25, 0.3) is 0 Å². The molecular formula is C17H20BrNO. The number of rotatable bonds is 7. The van der Waals surface area contributed by atoms with Crippen LogP contribution in [0.1, 0.15) is 24.5 Å². The minimum atomic E-state index is 0.596. The molecule has 0 fully saturated rings. The van der Waals surface area contributed by atoms with Crippen LogP contribution in [-0.4, -0.2) is 6.54 Å². The Morgan fingerprint density at radius 1 is 1.05 bits per heavy atom. The van der Waals surface area contributed by atoms with Crippen LogP contribution in [-0.2, 0) is 13.2 Å². The topological polar surface area (TPSA) is 21.3 Å². The van der Waals surface area contributed by atoms with E-state index in [0.29, 0.717) is 6.61 Å². The first-order valence-corrected chi connectivity index (χ1v) is 7.74. The van der Waals surface area contributed by atoms with Gasteiger partial charge in [-0.25, -0.2) is 0 Å². The molecule has 1 N–H and O–H groups in total. The van der Waals surface area contributed by atoms with E-state index in [-0.39, 0.29) is 0 Å². The Morgan fingerprint density at radius 2 is 1.85 bits per heavy atom. The Balaban J connectivity index is 1.97. The van der Waals surface area contributed by atoms with E-state index < -0.39 is 0 Å². The number of hydrogen-bond acceptors (Lipinski definition) is 2. The number of ether oxygens (including phenoxy) is 1. The highest BCUT2D eigenvalue weighted by atomic mass is 79.9. The molecule has 0 aliphatic heterocycles. The van der Waals surface area contributed by atoms with E-state index in [2.05, 4.69) is 52.4 Å². The predicted octanol–water partition coefficient (Wildman–Crippen LogP) is 4.53. The molecule has 0 spiro atoms. The highest BCUT2D eigenvalue weighted by Crippen LogP contribution is 2.22. The van der Waals surface area contributed by atoms with Gasteiger partial charge in [0.05, 0.1) is 0 Å². The van der Waals surface area contributed by atoms with Gasteiger partial charge in [-0.2, -0.15) is 0 Å². The summed E-state index contributed by atoms with van der Waals surface area (Å²) >= 11 is 3.54. The maximum atomic E-state index is 5.86. The van der Waals surface area contributed by atoms with Gasteiger partial charge in [-0.1, -0.05) is 53.2 Å². The van der Waals surface area contributed by atoms with Gasteiger partial charge in [-0.15, -0.1) is 0 Å². The summed E-state index contributed by atoms with van der Waals surface area (Å²) in [5, 5.41) is 3.40. The zero-order valence-electron chi connectivity index (χ0n) is 11.7. The van der Waals surface area contributed by atoms with E-state index in [4.69, 9.17) is 4.74 Å². The molecular weight excluding hydrogens is 314 g/mol. The molecule has 0 saturated heterocycles. The molecule has 0 amide bonds. The van der Waals surface area contributed by atoms with Gasteiger partial charge in [0, 0.05) is 11.0 Å². The minimum absolute atomic E-state index is 0.596. The van der Waals surface area contributed by atoms with Crippen molar-refractivity contribution < 1.29 is 4.74 Å². The Labute approximate surface area is 129 Å². The van der Waals surface area contributed by atoms with Crippen molar-refractivity contribution in [3.8, 4) is 5.75 Å². The number of hydrogen-bond donors (Lipinski definition) is 1. The molecule has 2 aromatic rings. The summed E-state index contributed by atoms with van der Waals surface area (Å²) in [7, 11) is 0. The first-order valence-electron chi connectivity index (χ1n) is 6.95. The van der Waals surface area contributed by atoms with Gasteiger partial charge in [0.1, 0.15) is 12.4 Å². The molecule has 0 aliphatic carbocycles. The van der Waals surface area contributed by atoms with E-state index >= 15 is 0 Å². The lowest BCUT2D eigenvalue weighted by molar-refractivity contribution is 0.305. The quantitative estimate of drug-likeness (QED) is 0.751. The highest BCUT2D eigenvalue weighted by molar-refractivity contribution is 9.10. The predicted molar refractivity (Wildman–Crippen MR) is 86.9 cm³/mol. The smallest absolute Gasteiger partial charge is 0.121 e. The third kappa shape index (κ3) is 4.99. The summed E-state index contributed by atoms with van der Waals surface area (Å²) < 4.78 is 6.91. The normalized spacial score (nSPS) is 10.5. The molecule has 2 rings (SSSR count). The number of benzene rings is 2. The van der Waals surface area contributed by atoms with Crippen molar-refractivity contribution in [3.63, 3.8) is 0 Å². The second-order valence-electron chi connectivity index (χ2n) is 4.75. The van der Waals surface area contributed by atoms with Crippen LogP contribution in [0.15, 0.2) is 53.0 Å². The standard InChI is InChI=1S/C17H20BrNO/c1-2-8-19-12-15-9-16(18)11-17(10-15)20-13-14-6-4-3-5-7-14/h3-7,9-11,19H,2,8,12-13H2,1H3. The minimum Gasteiger partial charge on any atom is -0.489 e. The Bertz CT molecular complexity index is 528. The second kappa shape index (κ2) is 8.08. The molecule has 0 heterocycles. The molecule has 0 bridgehead atoms. The summed E-state index contributed by atoms with van der Waals surface area (Å²) in [6.07, 6.45) is 1.14. The number of halogens is 1. The summed E-state index contributed by atoms with van der Waals surface area (Å²) in [5.74, 6) is 0.900. The fourth-order valence-corrected chi connectivity index (χ4v) is 2.48. The van der Waals surface area contributed by atoms with E-state index in [0.717, 1.165) is 29.7 Å². The average molecular weight is 334 g/mol. The van der Waals surface area contributed by atoms with Gasteiger partial charge in [0.15, 0.2) is 0 Å². The molecule has 0 saturated carbocycles. The fraction of sp³-hybridized carbons (Fsp3) is 0.294. The molecule has 2 aromatic carbocycles. The SMILES string of the molecule is CCCNCc1cc(Br)cc(OCc2ccccc2)c1. The van der Waals surface area contributed by atoms with Crippen molar-refractivity contribution in [1.29, 1.82) is 0 Å². The van der Waals surface area contributed by atoms with Gasteiger partial charge in [-0.3, -0.25) is 0 Å². The van der Waals surface area contributed by atoms with Crippen molar-refractivity contribution in [2.24, 2.45) is 0 Å². The number of nitrogens with one attached hydrogen (secondary N) is 1. The maximum absolute atomic E-state index is 5.86. The van der Waals surface area contributed by atoms with E-state index in [1.807, 2.05) is 24.3 Å². The lowest BCUT2D eigenvalue weighted by Crippen LogP contribution is -2.13. The lowest BCUT2D eigenvalue weighted by Gasteiger charge is -2.10. The van der Waals surface area contributed by atoms with Crippen molar-refractivity contribution in [3.05, 3.63) is 64.1 Å². The van der Waals surface area contributed by atoms with Crippen LogP contribution in [0.3, 0.4) is 0 Å². The molecule has 106 valence electrons. The van der Waals surface area contributed by atoms with Crippen LogP contribution >= 0.6 is 15.9 Å². The molecule has 0 aliphatic rings. The second-order valence-corrected chi connectivity index (χ2v) is 5.66. The van der Waals surface area contributed by atoms with Crippen LogP contribution in [0.5, 0.6) is 5.75 Å². The van der Waals surface area contributed by atoms with Gasteiger partial charge in [-0.05, 0) is 42.3 Å². The average Bonchev–Trinajstić information content (AvgIpc) is 2.46. The maximum Gasteiger partial charge on any atom is 0.121 e. The van der Waals surface area contributed by atoms with E-state index in [9.17, 15) is 0 Å². The molecule has 0 atom stereocenters. The fourth-order valence-electron chi connectivity index (χ4n) is 1.96. The summed E-state index contributed by atoms with van der Waals surface area (Å²) in [5.41, 5.74) is 2.41. The third-order valence-electron chi connectivity index (χ3n) is 2.94. The Hall–Kier alpha value is -1.32. The van der Waals surface area contributed by atoms with E-state index in [1.165, 1.54) is 11.1 Å². The summed E-state index contributed by atoms with van der Waals surface area (Å²) in [6.45, 7) is 4.67. The van der Waals surface area contributed by atoms with Crippen LogP contribution in [0.2, 0.25) is 0 Å². The largest absolute Gasteiger partial charge is 0.489 e. The zero-order valence-corrected chi connectivity index (χ0v) is 13.3. The van der Waals surface area contributed by atoms with Gasteiger partial charge in [0.25, 0.3) is 0 Å². The Morgan fingerprint density at radius 3 is 2.60 bits per heavy atom. The van der Waals surface area contributed by atoms with Crippen LogP contribution < -0.4 is 10.1 Å². The van der Waals surface area contributed by atoms with Crippen LogP contribution in [0, 0.1) is 0 Å². The lowest BCUT2D eigenvalue weighted by atomic mass is 10.2. The van der Waals surface area contributed by atoms with Crippen molar-refractivity contribution in [1.82, 2.24) is 5.32 Å². The van der Waals surface area contributed by atoms with Crippen LogP contribution in [0.4, 0.5) is 0 Å². The summed E-state index contributed by atoms with van der Waals surface area (Å²) in [4.78, 5) is 0. The van der Waals surface area contributed by atoms with Gasteiger partial charge >= 0.3 is 0 Å². The Kier molecular flexibility index (Phi) is 6.09. The van der Waals surface area contributed by atoms with Crippen molar-refractivity contribution in [2.75, 3.05) is 6.54 Å². The monoisotopic (exact) mass is 333 g/mol. The van der Waals surface area contributed by atoms with Crippen molar-refractivity contribution >= 4 is 15.9 Å². The highest BCUT2D eigenvalue weighted by Gasteiger charge is 2.01. The summed E-state index contributed by atoms with van der Waals surface area (Å²) in [6, 6.07) is 16.4. The van der Waals surface area contributed by atoms with Gasteiger partial charge in [0.2, 0.25) is 0 Å².